The number of carbonyl (C=O) groups is 1. The molecule has 0 bridgehead atoms. The summed E-state index contributed by atoms with van der Waals surface area (Å²) in [5, 5.41) is 20.4. The van der Waals surface area contributed by atoms with Gasteiger partial charge in [0, 0.05) is 44.9 Å². The largest absolute Gasteiger partial charge is 0.416 e. The van der Waals surface area contributed by atoms with Crippen molar-refractivity contribution in [3.05, 3.63) is 53.3 Å². The predicted octanol–water partition coefficient (Wildman–Crippen LogP) is 1.52. The number of nitrogens with zero attached hydrogens (tertiary/aromatic N) is 2. The molecule has 0 radical (unpaired) electrons. The molecule has 2 fully saturated rings. The van der Waals surface area contributed by atoms with Gasteiger partial charge in [-0.05, 0) is 11.6 Å². The fourth-order valence-electron chi connectivity index (χ4n) is 4.35. The van der Waals surface area contributed by atoms with E-state index in [1.165, 1.54) is 12.1 Å². The molecule has 1 aromatic carbocycles. The van der Waals surface area contributed by atoms with Gasteiger partial charge in [-0.1, -0.05) is 18.2 Å². The van der Waals surface area contributed by atoms with E-state index in [1.54, 1.807) is 24.0 Å². The minimum Gasteiger partial charge on any atom is -0.388 e. The Hall–Kier alpha value is -2.47. The molecule has 4 rings (SSSR count). The van der Waals surface area contributed by atoms with Crippen LogP contribution in [0.3, 0.4) is 0 Å². The van der Waals surface area contributed by atoms with Crippen LogP contribution in [0.15, 0.2) is 36.7 Å². The Labute approximate surface area is 189 Å². The molecule has 2 aliphatic heterocycles. The monoisotopic (exact) mass is 468 g/mol. The van der Waals surface area contributed by atoms with E-state index < -0.39 is 30.1 Å². The molecule has 180 valence electrons. The summed E-state index contributed by atoms with van der Waals surface area (Å²) >= 11 is 0. The molecule has 3 N–H and O–H groups in total. The highest BCUT2D eigenvalue weighted by atomic mass is 19.4. The summed E-state index contributed by atoms with van der Waals surface area (Å²) in [4.78, 5) is 12.2. The van der Waals surface area contributed by atoms with Gasteiger partial charge in [0.25, 0.3) is 0 Å². The van der Waals surface area contributed by atoms with Crippen LogP contribution >= 0.6 is 0 Å². The number of hydrogen-bond acceptors (Lipinski definition) is 6. The number of aromatic nitrogens is 2. The van der Waals surface area contributed by atoms with Crippen LogP contribution in [0.1, 0.15) is 29.5 Å². The molecular weight excluding hydrogens is 441 g/mol. The Morgan fingerprint density at radius 2 is 2.06 bits per heavy atom. The summed E-state index contributed by atoms with van der Waals surface area (Å²) < 4.78 is 52.7. The lowest BCUT2D eigenvalue weighted by Gasteiger charge is -2.20. The first kappa shape index (κ1) is 23.7. The third-order valence-electron chi connectivity index (χ3n) is 5.92. The second-order valence-corrected chi connectivity index (χ2v) is 8.45. The number of alkyl halides is 3. The number of benzene rings is 1. The van der Waals surface area contributed by atoms with Crippen molar-refractivity contribution in [2.45, 2.75) is 62.6 Å². The number of aryl methyl sites for hydroxylation is 1. The summed E-state index contributed by atoms with van der Waals surface area (Å²) in [5.41, 5.74) is 0.337. The smallest absolute Gasteiger partial charge is 0.388 e. The molecule has 0 spiro atoms. The number of aliphatic hydroxyl groups is 1. The van der Waals surface area contributed by atoms with Gasteiger partial charge in [-0.15, -0.1) is 0 Å². The van der Waals surface area contributed by atoms with Gasteiger partial charge in [0.05, 0.1) is 36.5 Å². The van der Waals surface area contributed by atoms with E-state index in [-0.39, 0.29) is 43.2 Å². The van der Waals surface area contributed by atoms with Gasteiger partial charge in [-0.3, -0.25) is 9.48 Å². The zero-order valence-electron chi connectivity index (χ0n) is 18.1. The molecule has 1 amide bonds. The number of nitrogens with one attached hydrogen (secondary N) is 2. The van der Waals surface area contributed by atoms with E-state index in [0.717, 1.165) is 11.6 Å². The first-order valence-electron chi connectivity index (χ1n) is 10.8. The Morgan fingerprint density at radius 1 is 1.27 bits per heavy atom. The van der Waals surface area contributed by atoms with Gasteiger partial charge in [0.2, 0.25) is 5.91 Å². The first-order valence-corrected chi connectivity index (χ1v) is 10.8. The van der Waals surface area contributed by atoms with Crippen LogP contribution in [0.5, 0.6) is 0 Å². The van der Waals surface area contributed by atoms with E-state index in [0.29, 0.717) is 13.0 Å². The lowest BCUT2D eigenvalue weighted by Crippen LogP contribution is -2.39. The number of halogens is 3. The summed E-state index contributed by atoms with van der Waals surface area (Å²) in [7, 11) is 1.80. The zero-order valence-corrected chi connectivity index (χ0v) is 18.1. The highest BCUT2D eigenvalue weighted by Crippen LogP contribution is 2.35. The molecular formula is C22H27F3N4O4. The molecule has 1 aromatic heterocycles. The van der Waals surface area contributed by atoms with E-state index in [9.17, 15) is 23.1 Å². The van der Waals surface area contributed by atoms with E-state index in [2.05, 4.69) is 15.7 Å². The molecule has 2 saturated heterocycles. The highest BCUT2D eigenvalue weighted by molar-refractivity contribution is 5.76. The Kier molecular flexibility index (Phi) is 7.03. The maximum absolute atomic E-state index is 13.1. The topological polar surface area (TPSA) is 97.6 Å². The number of fused-ring (bicyclic) bond motifs is 1. The maximum atomic E-state index is 13.1. The highest BCUT2D eigenvalue weighted by Gasteiger charge is 2.50. The lowest BCUT2D eigenvalue weighted by molar-refractivity contribution is -0.138. The third kappa shape index (κ3) is 5.72. The molecule has 11 heteroatoms. The van der Waals surface area contributed by atoms with Crippen molar-refractivity contribution >= 4 is 5.91 Å². The van der Waals surface area contributed by atoms with Crippen LogP contribution in [0.4, 0.5) is 13.2 Å². The van der Waals surface area contributed by atoms with E-state index in [1.807, 2.05) is 6.20 Å². The van der Waals surface area contributed by atoms with Gasteiger partial charge in [0.15, 0.2) is 0 Å². The molecule has 0 unspecified atom stereocenters. The van der Waals surface area contributed by atoms with E-state index in [4.69, 9.17) is 9.47 Å². The van der Waals surface area contributed by atoms with Gasteiger partial charge in [0.1, 0.15) is 12.2 Å². The second kappa shape index (κ2) is 9.80. The number of amides is 1. The molecule has 0 aliphatic carbocycles. The Balaban J connectivity index is 1.21. The molecule has 2 aromatic rings. The third-order valence-corrected chi connectivity index (χ3v) is 5.92. The second-order valence-electron chi connectivity index (χ2n) is 8.45. The summed E-state index contributed by atoms with van der Waals surface area (Å²) in [6.45, 7) is 0.550. The molecule has 5 atom stereocenters. The predicted molar refractivity (Wildman–Crippen MR) is 111 cm³/mol. The molecule has 33 heavy (non-hydrogen) atoms. The summed E-state index contributed by atoms with van der Waals surface area (Å²) in [6, 6.07) is 5.37. The molecule has 2 aliphatic rings. The van der Waals surface area contributed by atoms with Crippen molar-refractivity contribution in [3.63, 3.8) is 0 Å². The van der Waals surface area contributed by atoms with E-state index >= 15 is 0 Å². The van der Waals surface area contributed by atoms with Crippen LogP contribution in [0.25, 0.3) is 0 Å². The summed E-state index contributed by atoms with van der Waals surface area (Å²) in [6.07, 6.45) is -3.12. The van der Waals surface area contributed by atoms with Crippen LogP contribution in [0.2, 0.25) is 0 Å². The van der Waals surface area contributed by atoms with Gasteiger partial charge in [-0.25, -0.2) is 0 Å². The minimum atomic E-state index is -4.42. The van der Waals surface area contributed by atoms with Crippen LogP contribution in [-0.4, -0.2) is 57.9 Å². The number of ether oxygens (including phenoxy) is 2. The van der Waals surface area contributed by atoms with Crippen LogP contribution in [0, 0.1) is 0 Å². The standard InChI is InChI=1S/C22H27F3N4O4/c1-29-12-13(9-28-29)8-27-19(30)7-15-6-17-21(32-15)20(31)18(33-17)11-26-10-14-4-2-3-5-16(14)22(23,24)25/h2-5,9,12,15,17-18,20-21,26,31H,6-8,10-11H2,1H3,(H,27,30)/t15-,17+,18+,20+,21-/m0/s1. The summed E-state index contributed by atoms with van der Waals surface area (Å²) in [5.74, 6) is -0.167. The average Bonchev–Trinajstić information content (AvgIpc) is 3.43. The number of aliphatic hydroxyl groups excluding tert-OH is 1. The number of carbonyl (C=O) groups excluding carboxylic acids is 1. The average molecular weight is 468 g/mol. The minimum absolute atomic E-state index is 0.00180. The fraction of sp³-hybridized carbons (Fsp3) is 0.545. The maximum Gasteiger partial charge on any atom is 0.416 e. The quantitative estimate of drug-likeness (QED) is 0.544. The first-order chi connectivity index (χ1) is 15.7. The van der Waals surface area contributed by atoms with Crippen molar-refractivity contribution in [2.75, 3.05) is 6.54 Å². The lowest BCUT2D eigenvalue weighted by atomic mass is 10.1. The van der Waals surface area contributed by atoms with Crippen molar-refractivity contribution in [2.24, 2.45) is 7.05 Å². The Bertz CT molecular complexity index is 967. The zero-order chi connectivity index (χ0) is 23.6. The number of hydrogen-bond donors (Lipinski definition) is 3. The molecule has 3 heterocycles. The van der Waals surface area contributed by atoms with Gasteiger partial charge >= 0.3 is 6.18 Å². The molecule has 8 nitrogen and oxygen atoms in total. The number of rotatable bonds is 8. The van der Waals surface area contributed by atoms with Crippen molar-refractivity contribution in [1.29, 1.82) is 0 Å². The van der Waals surface area contributed by atoms with Crippen molar-refractivity contribution in [3.8, 4) is 0 Å². The van der Waals surface area contributed by atoms with Crippen LogP contribution < -0.4 is 10.6 Å². The van der Waals surface area contributed by atoms with Crippen molar-refractivity contribution < 1.29 is 32.5 Å². The normalized spacial score (nSPS) is 27.0. The van der Waals surface area contributed by atoms with Gasteiger partial charge < -0.3 is 25.2 Å². The fourth-order valence-corrected chi connectivity index (χ4v) is 4.35. The van der Waals surface area contributed by atoms with Crippen LogP contribution in [-0.2, 0) is 40.6 Å². The molecule has 0 saturated carbocycles. The van der Waals surface area contributed by atoms with Crippen molar-refractivity contribution in [1.82, 2.24) is 20.4 Å². The Morgan fingerprint density at radius 3 is 2.76 bits per heavy atom. The van der Waals surface area contributed by atoms with Gasteiger partial charge in [-0.2, -0.15) is 18.3 Å². The SMILES string of the molecule is Cn1cc(CNC(=O)C[C@@H]2C[C@H]3O[C@H](CNCc4ccccc4C(F)(F)F)[C@@H](O)[C@H]3O2)cn1.